The van der Waals surface area contributed by atoms with Crippen molar-refractivity contribution in [3.8, 4) is 11.3 Å². The Morgan fingerprint density at radius 1 is 1.07 bits per heavy atom. The number of para-hydroxylation sites is 1. The maximum absolute atomic E-state index is 8.81. The van der Waals surface area contributed by atoms with Gasteiger partial charge in [0.15, 0.2) is 5.69 Å². The van der Waals surface area contributed by atoms with E-state index in [2.05, 4.69) is 9.83 Å². The Morgan fingerprint density at radius 3 is 2.63 bits per heavy atom. The van der Waals surface area contributed by atoms with Crippen LogP contribution in [0, 0.1) is 6.57 Å². The number of nitrogens with zero attached hydrogens (tertiary/aromatic N) is 2. The van der Waals surface area contributed by atoms with E-state index in [0.29, 0.717) is 27.6 Å². The number of hydrogen-bond donors (Lipinski definition) is 0. The molecule has 4 aromatic rings. The average Bonchev–Trinajstić information content (AvgIpc) is 3.15. The fourth-order valence-electron chi connectivity index (χ4n) is 3.40. The van der Waals surface area contributed by atoms with Crippen molar-refractivity contribution in [3.63, 3.8) is 0 Å². The normalized spacial score (nSPS) is 21.2. The molecule has 27 heavy (non-hydrogen) atoms. The molecule has 2 atom stereocenters. The molecule has 0 fully saturated rings. The smallest absolute Gasteiger partial charge is 0.197 e. The molecule has 134 valence electrons. The Kier molecular flexibility index (Phi) is 2.49. The molecule has 0 amide bonds. The van der Waals surface area contributed by atoms with E-state index in [9.17, 15) is 0 Å². The molecule has 0 bridgehead atoms. The Balaban J connectivity index is 2.25. The number of rotatable bonds is 3. The summed E-state index contributed by atoms with van der Waals surface area (Å²) in [6, 6.07) is 12.0. The Hall–Kier alpha value is -3.12. The minimum atomic E-state index is -2.88. The van der Waals surface area contributed by atoms with E-state index in [4.69, 9.17) is 22.0 Å². The van der Waals surface area contributed by atoms with Crippen LogP contribution in [-0.4, -0.2) is 4.98 Å². The number of furan rings is 1. The Morgan fingerprint density at radius 2 is 1.93 bits per heavy atom. The topological polar surface area (TPSA) is 30.4 Å². The molecule has 2 aromatic heterocycles. The summed E-state index contributed by atoms with van der Waals surface area (Å²) in [4.78, 5) is 7.83. The lowest BCUT2D eigenvalue weighted by Gasteiger charge is -2.15. The van der Waals surface area contributed by atoms with Crippen molar-refractivity contribution in [2.24, 2.45) is 0 Å². The van der Waals surface area contributed by atoms with Gasteiger partial charge in [-0.05, 0) is 35.6 Å². The van der Waals surface area contributed by atoms with E-state index >= 15 is 0 Å². The maximum Gasteiger partial charge on any atom is 0.197 e. The van der Waals surface area contributed by atoms with Gasteiger partial charge in [-0.25, -0.2) is 4.85 Å². The highest BCUT2D eigenvalue weighted by atomic mass is 16.3. The van der Waals surface area contributed by atoms with Gasteiger partial charge in [0.05, 0.1) is 12.3 Å². The molecule has 2 aromatic carbocycles. The zero-order valence-corrected chi connectivity index (χ0v) is 14.9. The molecule has 0 saturated carbocycles. The molecular formula is C24H22N2O. The van der Waals surface area contributed by atoms with Crippen LogP contribution in [0.25, 0.3) is 38.0 Å². The third-order valence-corrected chi connectivity index (χ3v) is 4.59. The average molecular weight is 363 g/mol. The van der Waals surface area contributed by atoms with E-state index in [1.54, 1.807) is 36.5 Å². The number of hydrogen-bond acceptors (Lipinski definition) is 2. The van der Waals surface area contributed by atoms with Gasteiger partial charge in [0.1, 0.15) is 11.2 Å². The van der Waals surface area contributed by atoms with Gasteiger partial charge in [0, 0.05) is 39.1 Å². The fourth-order valence-corrected chi connectivity index (χ4v) is 3.40. The minimum Gasteiger partial charge on any atom is -0.456 e. The van der Waals surface area contributed by atoms with Crippen molar-refractivity contribution >= 4 is 27.6 Å². The van der Waals surface area contributed by atoms with Gasteiger partial charge in [-0.3, -0.25) is 4.98 Å². The van der Waals surface area contributed by atoms with Gasteiger partial charge >= 0.3 is 0 Å². The second kappa shape index (κ2) is 6.55. The third kappa shape index (κ3) is 2.69. The predicted molar refractivity (Wildman–Crippen MR) is 111 cm³/mol. The summed E-state index contributed by atoms with van der Waals surface area (Å²) in [7, 11) is 0. The Bertz CT molecular complexity index is 1480. The third-order valence-electron chi connectivity index (χ3n) is 4.59. The van der Waals surface area contributed by atoms with Crippen molar-refractivity contribution in [2.75, 3.05) is 0 Å². The summed E-state index contributed by atoms with van der Waals surface area (Å²) < 4.78 is 71.5. The molecule has 0 radical (unpaired) electrons. The van der Waals surface area contributed by atoms with Crippen LogP contribution in [0.4, 0.5) is 5.69 Å². The van der Waals surface area contributed by atoms with Gasteiger partial charge < -0.3 is 4.42 Å². The van der Waals surface area contributed by atoms with Crippen LogP contribution >= 0.6 is 0 Å². The molecule has 3 nitrogen and oxygen atoms in total. The minimum absolute atomic E-state index is 0.00750. The second-order valence-corrected chi connectivity index (χ2v) is 6.39. The lowest BCUT2D eigenvalue weighted by atomic mass is 9.90. The molecular weight excluding hydrogens is 332 g/mol. The van der Waals surface area contributed by atoms with E-state index in [-0.39, 0.29) is 22.4 Å². The highest BCUT2D eigenvalue weighted by Gasteiger charge is 2.23. The first-order valence-electron chi connectivity index (χ1n) is 12.4. The van der Waals surface area contributed by atoms with Crippen LogP contribution in [0.3, 0.4) is 0 Å². The summed E-state index contributed by atoms with van der Waals surface area (Å²) in [5, 5.41) is 0.866. The molecule has 3 heteroatoms. The molecule has 2 unspecified atom stereocenters. The number of pyridine rings is 1. The molecule has 0 N–H and O–H groups in total. The van der Waals surface area contributed by atoms with Crippen LogP contribution < -0.4 is 0 Å². The van der Waals surface area contributed by atoms with Crippen LogP contribution in [0.1, 0.15) is 61.4 Å². The van der Waals surface area contributed by atoms with Crippen LogP contribution in [0.15, 0.2) is 53.1 Å². The van der Waals surface area contributed by atoms with E-state index in [0.717, 1.165) is 13.8 Å². The Labute approximate surface area is 170 Å². The van der Waals surface area contributed by atoms with Crippen molar-refractivity contribution in [2.45, 2.75) is 39.3 Å². The predicted octanol–water partition coefficient (Wildman–Crippen LogP) is 7.45. The lowest BCUT2D eigenvalue weighted by molar-refractivity contribution is 0.658. The second-order valence-electron chi connectivity index (χ2n) is 6.39. The highest BCUT2D eigenvalue weighted by molar-refractivity contribution is 6.11. The van der Waals surface area contributed by atoms with Gasteiger partial charge in [0.2, 0.25) is 0 Å². The summed E-state index contributed by atoms with van der Waals surface area (Å²) >= 11 is 0. The molecule has 0 aliphatic rings. The van der Waals surface area contributed by atoms with Gasteiger partial charge in [-0.15, -0.1) is 0 Å². The first-order chi connectivity index (χ1) is 16.1. The quantitative estimate of drug-likeness (QED) is 0.354. The maximum atomic E-state index is 8.81. The van der Waals surface area contributed by atoms with Gasteiger partial charge in [0.25, 0.3) is 0 Å². The van der Waals surface area contributed by atoms with E-state index < -0.39 is 25.5 Å². The summed E-state index contributed by atoms with van der Waals surface area (Å²) in [5.74, 6) is -4.58. The summed E-state index contributed by atoms with van der Waals surface area (Å²) in [5.41, 5.74) is 0.779. The monoisotopic (exact) mass is 362 g/mol. The van der Waals surface area contributed by atoms with Crippen molar-refractivity contribution in [3.05, 3.63) is 71.2 Å². The lowest BCUT2D eigenvalue weighted by Crippen LogP contribution is -1.95. The van der Waals surface area contributed by atoms with Gasteiger partial charge in [-0.2, -0.15) is 0 Å². The molecule has 0 aliphatic carbocycles. The van der Waals surface area contributed by atoms with Gasteiger partial charge in [-0.1, -0.05) is 51.8 Å². The van der Waals surface area contributed by atoms with E-state index in [1.165, 1.54) is 6.07 Å². The van der Waals surface area contributed by atoms with Crippen LogP contribution in [0.5, 0.6) is 0 Å². The molecule has 4 rings (SSSR count). The van der Waals surface area contributed by atoms with Crippen molar-refractivity contribution in [1.82, 2.24) is 4.98 Å². The molecule has 0 aliphatic heterocycles. The van der Waals surface area contributed by atoms with E-state index in [1.807, 2.05) is 6.07 Å². The largest absolute Gasteiger partial charge is 0.456 e. The summed E-state index contributed by atoms with van der Waals surface area (Å²) in [6.07, 6.45) is 1.62. The van der Waals surface area contributed by atoms with Crippen molar-refractivity contribution < 1.29 is 15.4 Å². The number of benzene rings is 2. The van der Waals surface area contributed by atoms with Crippen LogP contribution in [-0.2, 0) is 0 Å². The molecule has 0 saturated heterocycles. The fraction of sp³-hybridized carbons (Fsp3) is 0.250. The molecule has 0 spiro atoms. The first kappa shape index (κ1) is 10.3. The van der Waals surface area contributed by atoms with Crippen molar-refractivity contribution in [1.29, 1.82) is 0 Å². The number of fused-ring (bicyclic) bond motifs is 3. The summed E-state index contributed by atoms with van der Waals surface area (Å²) in [6.45, 7) is 4.43. The zero-order valence-electron chi connectivity index (χ0n) is 22.9. The standard InChI is InChI=1S/C24H22N2O/c1-14(2)18-13-19-16-9-8-10-17(20-11-6-7-12-26-20)23(16)27-24(19)21(15(3)4)22(18)25-5/h6-15H,1-4H3/i1D3,3D3,14D,15D. The highest BCUT2D eigenvalue weighted by Crippen LogP contribution is 2.45. The van der Waals surface area contributed by atoms with Crippen LogP contribution in [0.2, 0.25) is 0 Å². The SMILES string of the molecule is [2H]C([2H])([2H])C([2H])(C)c1cc2c(oc3c(-c4ccccn4)cccc32)c(C([2H])(C)C([2H])([2H])[2H])c1[N+]#[C-]. The zero-order chi connectivity index (χ0) is 26.0. The molecule has 2 heterocycles. The number of aromatic nitrogens is 1. The first-order valence-corrected chi connectivity index (χ1v) is 8.45.